The van der Waals surface area contributed by atoms with Crippen LogP contribution in [0.1, 0.15) is 73.0 Å². The minimum Gasteiger partial charge on any atom is -0.460 e. The molecule has 1 aromatic heterocycles. The second-order valence-corrected chi connectivity index (χ2v) is 11.7. The second-order valence-electron chi connectivity index (χ2n) is 9.62. The van der Waals surface area contributed by atoms with Crippen molar-refractivity contribution in [2.75, 3.05) is 26.2 Å². The summed E-state index contributed by atoms with van der Waals surface area (Å²) in [6, 6.07) is 9.92. The van der Waals surface area contributed by atoms with Gasteiger partial charge in [0.15, 0.2) is 0 Å². The van der Waals surface area contributed by atoms with E-state index in [0.717, 1.165) is 65.2 Å². The van der Waals surface area contributed by atoms with E-state index < -0.39 is 0 Å². The first-order valence-corrected chi connectivity index (χ1v) is 14.4. The molecule has 0 saturated heterocycles. The number of likely N-dealkylation sites (N-methyl/N-ethyl adjacent to an activating group) is 1. The van der Waals surface area contributed by atoms with Gasteiger partial charge in [-0.3, -0.25) is 0 Å². The Morgan fingerprint density at radius 1 is 1.06 bits per heavy atom. The number of carbonyl (C=O) groups excluding carboxylic acids is 1. The molecule has 2 unspecified atom stereocenters. The molecule has 3 nitrogen and oxygen atoms in total. The Kier molecular flexibility index (Phi) is 11.2. The van der Waals surface area contributed by atoms with Gasteiger partial charge in [-0.1, -0.05) is 50.4 Å². The number of benzene rings is 1. The molecule has 1 heterocycles. The lowest BCUT2D eigenvalue weighted by atomic mass is 9.83. The third-order valence-electron chi connectivity index (χ3n) is 7.41. The van der Waals surface area contributed by atoms with E-state index >= 15 is 0 Å². The molecule has 0 radical (unpaired) electrons. The maximum absolute atomic E-state index is 12.4. The molecule has 0 aliphatic heterocycles. The van der Waals surface area contributed by atoms with Gasteiger partial charge in [0.05, 0.1) is 0 Å². The van der Waals surface area contributed by atoms with Crippen LogP contribution in [0.5, 0.6) is 0 Å². The van der Waals surface area contributed by atoms with Crippen LogP contribution >= 0.6 is 34.5 Å². The second kappa shape index (κ2) is 13.9. The van der Waals surface area contributed by atoms with Crippen molar-refractivity contribution in [1.82, 2.24) is 4.90 Å². The molecule has 2 aromatic rings. The first-order chi connectivity index (χ1) is 16.4. The third-order valence-corrected chi connectivity index (χ3v) is 8.98. The van der Waals surface area contributed by atoms with Gasteiger partial charge in [0.25, 0.3) is 0 Å². The Bertz CT molecular complexity index is 891. The van der Waals surface area contributed by atoms with Gasteiger partial charge in [0, 0.05) is 21.5 Å². The van der Waals surface area contributed by atoms with Crippen LogP contribution in [-0.4, -0.2) is 37.1 Å². The van der Waals surface area contributed by atoms with E-state index in [-0.39, 0.29) is 5.97 Å². The average Bonchev–Trinajstić information content (AvgIpc) is 3.42. The molecular weight excluding hydrogens is 485 g/mol. The summed E-state index contributed by atoms with van der Waals surface area (Å²) in [6.07, 6.45) is 8.36. The number of rotatable bonds is 13. The van der Waals surface area contributed by atoms with Crippen LogP contribution in [0.3, 0.4) is 0 Å². The number of hydrogen-bond donors (Lipinski definition) is 0. The predicted octanol–water partition coefficient (Wildman–Crippen LogP) is 8.17. The van der Waals surface area contributed by atoms with Crippen molar-refractivity contribution in [2.24, 2.45) is 17.8 Å². The molecule has 188 valence electrons. The average molecular weight is 525 g/mol. The van der Waals surface area contributed by atoms with Crippen molar-refractivity contribution >= 4 is 40.5 Å². The molecule has 6 heteroatoms. The number of hydrogen-bond acceptors (Lipinski definition) is 4. The lowest BCUT2D eigenvalue weighted by Gasteiger charge is -2.23. The standard InChI is InChI=1S/C28H39Cl2NO2S/c1-4-31(5-2)15-16-33-28(32)27-14-13-25(34-27)7-6-8-26-20(3)9-11-22(26)12-10-21-17-23(29)19-24(30)18-21/h13-14,17-20,22,26H,4-12,15-16H2,1-3H3/t20?,22?,26-/m0/s1. The van der Waals surface area contributed by atoms with E-state index in [0.29, 0.717) is 6.61 Å². The van der Waals surface area contributed by atoms with E-state index in [1.807, 2.05) is 18.2 Å². The summed E-state index contributed by atoms with van der Waals surface area (Å²) in [5.41, 5.74) is 1.24. The van der Waals surface area contributed by atoms with Crippen molar-refractivity contribution < 1.29 is 9.53 Å². The van der Waals surface area contributed by atoms with Crippen molar-refractivity contribution in [1.29, 1.82) is 0 Å². The van der Waals surface area contributed by atoms with Gasteiger partial charge in [0.1, 0.15) is 11.5 Å². The Balaban J connectivity index is 1.43. The highest BCUT2D eigenvalue weighted by atomic mass is 35.5. The predicted molar refractivity (Wildman–Crippen MR) is 145 cm³/mol. The SMILES string of the molecule is CCN(CC)CCOC(=O)c1ccc(CCC[C@H]2C(C)CCC2CCc2cc(Cl)cc(Cl)c2)s1. The minimum absolute atomic E-state index is 0.186. The van der Waals surface area contributed by atoms with Gasteiger partial charge in [-0.15, -0.1) is 11.3 Å². The lowest BCUT2D eigenvalue weighted by molar-refractivity contribution is 0.0472. The zero-order valence-electron chi connectivity index (χ0n) is 20.8. The van der Waals surface area contributed by atoms with Crippen LogP contribution in [0.4, 0.5) is 0 Å². The first kappa shape index (κ1) is 27.5. The largest absolute Gasteiger partial charge is 0.460 e. The van der Waals surface area contributed by atoms with Crippen molar-refractivity contribution in [3.63, 3.8) is 0 Å². The fourth-order valence-electron chi connectivity index (χ4n) is 5.37. The summed E-state index contributed by atoms with van der Waals surface area (Å²) in [5, 5.41) is 1.45. The summed E-state index contributed by atoms with van der Waals surface area (Å²) in [7, 11) is 0. The van der Waals surface area contributed by atoms with Crippen molar-refractivity contribution in [3.8, 4) is 0 Å². The summed E-state index contributed by atoms with van der Waals surface area (Å²) >= 11 is 14.0. The monoisotopic (exact) mass is 523 g/mol. The summed E-state index contributed by atoms with van der Waals surface area (Å²) in [5.74, 6) is 2.15. The summed E-state index contributed by atoms with van der Waals surface area (Å²) in [6.45, 7) is 9.87. The molecule has 3 atom stereocenters. The van der Waals surface area contributed by atoms with Gasteiger partial charge in [-0.25, -0.2) is 4.79 Å². The molecule has 1 saturated carbocycles. The topological polar surface area (TPSA) is 29.5 Å². The Morgan fingerprint density at radius 2 is 1.79 bits per heavy atom. The maximum Gasteiger partial charge on any atom is 0.348 e. The van der Waals surface area contributed by atoms with Crippen molar-refractivity contribution in [2.45, 2.75) is 65.7 Å². The fraction of sp³-hybridized carbons (Fsp3) is 0.607. The molecule has 1 aliphatic carbocycles. The van der Waals surface area contributed by atoms with Crippen molar-refractivity contribution in [3.05, 3.63) is 55.7 Å². The highest BCUT2D eigenvalue weighted by molar-refractivity contribution is 7.13. The molecule has 34 heavy (non-hydrogen) atoms. The molecule has 1 fully saturated rings. The van der Waals surface area contributed by atoms with Crippen LogP contribution < -0.4 is 0 Å². The normalized spacial score (nSPS) is 20.2. The van der Waals surface area contributed by atoms with Crippen LogP contribution in [0.15, 0.2) is 30.3 Å². The molecule has 0 spiro atoms. The third kappa shape index (κ3) is 8.26. The summed E-state index contributed by atoms with van der Waals surface area (Å²) in [4.78, 5) is 16.6. The highest BCUT2D eigenvalue weighted by Gasteiger charge is 2.32. The summed E-state index contributed by atoms with van der Waals surface area (Å²) < 4.78 is 5.48. The number of thiophene rings is 1. The van der Waals surface area contributed by atoms with E-state index in [1.165, 1.54) is 42.5 Å². The maximum atomic E-state index is 12.4. The zero-order valence-corrected chi connectivity index (χ0v) is 23.2. The Labute approximate surface area is 219 Å². The molecule has 0 bridgehead atoms. The van der Waals surface area contributed by atoms with Gasteiger partial charge in [-0.05, 0) is 105 Å². The smallest absolute Gasteiger partial charge is 0.348 e. The molecule has 0 amide bonds. The Morgan fingerprint density at radius 3 is 2.50 bits per heavy atom. The van der Waals surface area contributed by atoms with Crippen LogP contribution in [0.2, 0.25) is 10.0 Å². The van der Waals surface area contributed by atoms with Gasteiger partial charge < -0.3 is 9.64 Å². The van der Waals surface area contributed by atoms with E-state index in [2.05, 4.69) is 31.7 Å². The number of nitrogens with zero attached hydrogens (tertiary/aromatic N) is 1. The molecule has 1 aromatic carbocycles. The number of ether oxygens (including phenoxy) is 1. The quantitative estimate of drug-likeness (QED) is 0.248. The molecular formula is C28H39Cl2NO2S. The zero-order chi connectivity index (χ0) is 24.5. The molecule has 3 rings (SSSR count). The molecule has 1 aliphatic rings. The fourth-order valence-corrected chi connectivity index (χ4v) is 6.88. The number of esters is 1. The van der Waals surface area contributed by atoms with E-state index in [4.69, 9.17) is 27.9 Å². The lowest BCUT2D eigenvalue weighted by Crippen LogP contribution is -2.27. The number of aryl methyl sites for hydroxylation is 2. The van der Waals surface area contributed by atoms with Gasteiger partial charge >= 0.3 is 5.97 Å². The number of carbonyl (C=O) groups is 1. The van der Waals surface area contributed by atoms with Gasteiger partial charge in [-0.2, -0.15) is 0 Å². The van der Waals surface area contributed by atoms with E-state index in [1.54, 1.807) is 17.4 Å². The van der Waals surface area contributed by atoms with Crippen LogP contribution in [0.25, 0.3) is 0 Å². The molecule has 0 N–H and O–H groups in total. The Hall–Kier alpha value is -1.07. The van der Waals surface area contributed by atoms with Crippen LogP contribution in [-0.2, 0) is 17.6 Å². The number of halogens is 2. The van der Waals surface area contributed by atoms with Crippen LogP contribution in [0, 0.1) is 17.8 Å². The van der Waals surface area contributed by atoms with Gasteiger partial charge in [0.2, 0.25) is 0 Å². The highest BCUT2D eigenvalue weighted by Crippen LogP contribution is 2.42. The first-order valence-electron chi connectivity index (χ1n) is 12.8. The minimum atomic E-state index is -0.186. The van der Waals surface area contributed by atoms with E-state index in [9.17, 15) is 4.79 Å².